The Morgan fingerprint density at radius 1 is 1.58 bits per heavy atom. The molecule has 0 aliphatic rings. The number of nitrogens with zero attached hydrogens (tertiary/aromatic N) is 1. The van der Waals surface area contributed by atoms with Crippen LogP contribution >= 0.6 is 11.6 Å². The molecule has 0 aromatic heterocycles. The number of hydrogen-bond donors (Lipinski definition) is 0. The van der Waals surface area contributed by atoms with Crippen LogP contribution < -0.4 is 0 Å². The van der Waals surface area contributed by atoms with Gasteiger partial charge in [0.05, 0.1) is 17.0 Å². The van der Waals surface area contributed by atoms with E-state index in [4.69, 9.17) is 16.9 Å². The summed E-state index contributed by atoms with van der Waals surface area (Å²) >= 11 is 5.50. The highest BCUT2D eigenvalue weighted by molar-refractivity contribution is 6.30. The Kier molecular flexibility index (Phi) is 2.67. The van der Waals surface area contributed by atoms with E-state index in [-0.39, 0.29) is 5.02 Å². The third-order valence-electron chi connectivity index (χ3n) is 1.50. The second-order valence-corrected chi connectivity index (χ2v) is 2.76. The van der Waals surface area contributed by atoms with Gasteiger partial charge < -0.3 is 0 Å². The third kappa shape index (κ3) is 1.75. The molecule has 1 radical (unpaired) electrons. The van der Waals surface area contributed by atoms with Crippen LogP contribution in [-0.4, -0.2) is 0 Å². The van der Waals surface area contributed by atoms with E-state index in [0.717, 1.165) is 0 Å². The largest absolute Gasteiger partial charge is 0.205 e. The van der Waals surface area contributed by atoms with Crippen molar-refractivity contribution in [2.45, 2.75) is 5.92 Å². The van der Waals surface area contributed by atoms with Gasteiger partial charge in [0.2, 0.25) is 0 Å². The molecule has 0 saturated carbocycles. The minimum absolute atomic E-state index is 0.0244. The Hall–Kier alpha value is -1.07. The Morgan fingerprint density at radius 2 is 2.25 bits per heavy atom. The maximum atomic E-state index is 12.6. The summed E-state index contributed by atoms with van der Waals surface area (Å²) in [6, 6.07) is 6.08. The van der Waals surface area contributed by atoms with Crippen molar-refractivity contribution in [3.05, 3.63) is 41.5 Å². The van der Waals surface area contributed by atoms with Crippen molar-refractivity contribution in [2.75, 3.05) is 0 Å². The molecule has 0 fully saturated rings. The third-order valence-corrected chi connectivity index (χ3v) is 1.79. The monoisotopic (exact) mass is 182 g/mol. The van der Waals surface area contributed by atoms with Crippen LogP contribution in [0, 0.1) is 24.1 Å². The summed E-state index contributed by atoms with van der Waals surface area (Å²) in [5.74, 6) is -0.978. The van der Waals surface area contributed by atoms with Crippen LogP contribution in [0.2, 0.25) is 5.02 Å². The number of nitriles is 1. The van der Waals surface area contributed by atoms with E-state index in [1.54, 1.807) is 0 Å². The van der Waals surface area contributed by atoms with Gasteiger partial charge in [-0.15, -0.1) is 0 Å². The summed E-state index contributed by atoms with van der Waals surface area (Å²) in [6.07, 6.45) is 0. The highest BCUT2D eigenvalue weighted by Crippen LogP contribution is 2.20. The topological polar surface area (TPSA) is 23.8 Å². The van der Waals surface area contributed by atoms with Gasteiger partial charge in [0.1, 0.15) is 5.82 Å². The first-order chi connectivity index (χ1) is 5.65. The molecule has 1 aromatic rings. The zero-order valence-electron chi connectivity index (χ0n) is 6.22. The fourth-order valence-corrected chi connectivity index (χ4v) is 0.993. The quantitative estimate of drug-likeness (QED) is 0.655. The molecule has 1 rings (SSSR count). The van der Waals surface area contributed by atoms with Crippen molar-refractivity contribution in [3.8, 4) is 6.07 Å². The highest BCUT2D eigenvalue weighted by Gasteiger charge is 2.06. The van der Waals surface area contributed by atoms with Crippen LogP contribution in [0.4, 0.5) is 4.39 Å². The fourth-order valence-electron chi connectivity index (χ4n) is 0.804. The molecule has 0 N–H and O–H groups in total. The number of rotatable bonds is 1. The van der Waals surface area contributed by atoms with E-state index in [9.17, 15) is 4.39 Å². The van der Waals surface area contributed by atoms with E-state index in [2.05, 4.69) is 6.92 Å². The lowest BCUT2D eigenvalue weighted by Crippen LogP contribution is -1.90. The molecule has 0 amide bonds. The molecule has 1 nitrogen and oxygen atoms in total. The molecule has 61 valence electrons. The fraction of sp³-hybridized carbons (Fsp3) is 0.111. The molecular formula is C9H6ClFN. The van der Waals surface area contributed by atoms with Crippen LogP contribution in [0.1, 0.15) is 11.5 Å². The van der Waals surface area contributed by atoms with E-state index in [0.29, 0.717) is 5.56 Å². The van der Waals surface area contributed by atoms with E-state index >= 15 is 0 Å². The van der Waals surface area contributed by atoms with Gasteiger partial charge in [-0.3, -0.25) is 0 Å². The SMILES string of the molecule is [CH2]C(C#N)c1ccc(F)c(Cl)c1. The molecule has 0 heterocycles. The van der Waals surface area contributed by atoms with Gasteiger partial charge in [-0.05, 0) is 24.6 Å². The molecule has 0 bridgehead atoms. The predicted molar refractivity (Wildman–Crippen MR) is 45.1 cm³/mol. The molecule has 0 spiro atoms. The first kappa shape index (κ1) is 9.02. The Balaban J connectivity index is 3.06. The van der Waals surface area contributed by atoms with Crippen molar-refractivity contribution in [1.29, 1.82) is 5.26 Å². The van der Waals surface area contributed by atoms with E-state index in [1.807, 2.05) is 6.07 Å². The van der Waals surface area contributed by atoms with Crippen molar-refractivity contribution in [1.82, 2.24) is 0 Å². The lowest BCUT2D eigenvalue weighted by Gasteiger charge is -2.02. The highest BCUT2D eigenvalue weighted by atomic mass is 35.5. The maximum absolute atomic E-state index is 12.6. The zero-order valence-corrected chi connectivity index (χ0v) is 6.98. The molecule has 3 heteroatoms. The minimum Gasteiger partial charge on any atom is -0.205 e. The molecule has 1 aromatic carbocycles. The second-order valence-electron chi connectivity index (χ2n) is 2.36. The lowest BCUT2D eigenvalue weighted by molar-refractivity contribution is 0.627. The second kappa shape index (κ2) is 3.55. The standard InChI is InChI=1S/C9H6ClFN/c1-6(5-12)7-2-3-9(11)8(10)4-7/h2-4,6H,1H2. The van der Waals surface area contributed by atoms with Crippen molar-refractivity contribution in [3.63, 3.8) is 0 Å². The van der Waals surface area contributed by atoms with Gasteiger partial charge in [0.25, 0.3) is 0 Å². The van der Waals surface area contributed by atoms with Gasteiger partial charge in [-0.25, -0.2) is 4.39 Å². The van der Waals surface area contributed by atoms with Crippen LogP contribution in [0.15, 0.2) is 18.2 Å². The van der Waals surface area contributed by atoms with Gasteiger partial charge in [0, 0.05) is 0 Å². The molecule has 12 heavy (non-hydrogen) atoms. The van der Waals surface area contributed by atoms with E-state index in [1.165, 1.54) is 18.2 Å². The molecule has 1 atom stereocenters. The average Bonchev–Trinajstić information content (AvgIpc) is 2.08. The summed E-state index contributed by atoms with van der Waals surface area (Å²) in [6.45, 7) is 3.56. The number of halogens is 2. The Morgan fingerprint density at radius 3 is 2.75 bits per heavy atom. The van der Waals surface area contributed by atoms with Crippen molar-refractivity contribution >= 4 is 11.6 Å². The van der Waals surface area contributed by atoms with Crippen molar-refractivity contribution < 1.29 is 4.39 Å². The maximum Gasteiger partial charge on any atom is 0.141 e. The first-order valence-corrected chi connectivity index (χ1v) is 3.70. The first-order valence-electron chi connectivity index (χ1n) is 3.33. The van der Waals surface area contributed by atoms with Gasteiger partial charge in [-0.2, -0.15) is 5.26 Å². The summed E-state index contributed by atoms with van der Waals surface area (Å²) in [4.78, 5) is 0. The lowest BCUT2D eigenvalue weighted by atomic mass is 10.0. The molecule has 0 aliphatic carbocycles. The average molecular weight is 183 g/mol. The zero-order chi connectivity index (χ0) is 9.14. The minimum atomic E-state index is -0.497. The predicted octanol–water partition coefficient (Wildman–Crippen LogP) is 2.92. The summed E-state index contributed by atoms with van der Waals surface area (Å²) in [7, 11) is 0. The van der Waals surface area contributed by atoms with E-state index < -0.39 is 11.7 Å². The summed E-state index contributed by atoms with van der Waals surface area (Å²) in [5, 5.41) is 8.52. The van der Waals surface area contributed by atoms with Crippen LogP contribution in [0.3, 0.4) is 0 Å². The van der Waals surface area contributed by atoms with Gasteiger partial charge in [0.15, 0.2) is 0 Å². The van der Waals surface area contributed by atoms with Crippen LogP contribution in [0.25, 0.3) is 0 Å². The Labute approximate surface area is 75.4 Å². The summed E-state index contributed by atoms with van der Waals surface area (Å²) in [5.41, 5.74) is 0.629. The number of benzene rings is 1. The molecule has 0 aliphatic heterocycles. The number of hydrogen-bond acceptors (Lipinski definition) is 1. The van der Waals surface area contributed by atoms with Gasteiger partial charge >= 0.3 is 0 Å². The Bertz CT molecular complexity index is 330. The molecular weight excluding hydrogens is 177 g/mol. The van der Waals surface area contributed by atoms with Gasteiger partial charge in [-0.1, -0.05) is 17.7 Å². The smallest absolute Gasteiger partial charge is 0.141 e. The van der Waals surface area contributed by atoms with Crippen molar-refractivity contribution in [2.24, 2.45) is 0 Å². The van der Waals surface area contributed by atoms with Crippen LogP contribution in [-0.2, 0) is 0 Å². The molecule has 0 saturated heterocycles. The normalized spacial score (nSPS) is 12.2. The molecule has 1 unspecified atom stereocenters. The van der Waals surface area contributed by atoms with Crippen LogP contribution in [0.5, 0.6) is 0 Å². The summed E-state index contributed by atoms with van der Waals surface area (Å²) < 4.78 is 12.6.